The van der Waals surface area contributed by atoms with Gasteiger partial charge in [0.05, 0.1) is 18.5 Å². The van der Waals surface area contributed by atoms with Crippen LogP contribution in [0.1, 0.15) is 24.4 Å². The summed E-state index contributed by atoms with van der Waals surface area (Å²) in [4.78, 5) is 6.94. The second kappa shape index (κ2) is 6.50. The molecule has 5 heteroatoms. The Morgan fingerprint density at radius 2 is 2.00 bits per heavy atom. The van der Waals surface area contributed by atoms with E-state index in [1.165, 1.54) is 21.8 Å². The third-order valence-electron chi connectivity index (χ3n) is 3.67. The molecule has 0 fully saturated rings. The fourth-order valence-corrected chi connectivity index (χ4v) is 3.77. The van der Waals surface area contributed by atoms with Crippen LogP contribution in [-0.4, -0.2) is 22.5 Å². The lowest BCUT2D eigenvalue weighted by Gasteiger charge is -2.08. The third kappa shape index (κ3) is 2.62. The maximum Gasteiger partial charge on any atom is 0.194 e. The summed E-state index contributed by atoms with van der Waals surface area (Å²) in [7, 11) is 0. The molecule has 0 saturated heterocycles. The van der Waals surface area contributed by atoms with Crippen molar-refractivity contribution in [1.82, 2.24) is 9.38 Å². The minimum atomic E-state index is 0.633. The van der Waals surface area contributed by atoms with Gasteiger partial charge in [-0.15, -0.1) is 11.3 Å². The van der Waals surface area contributed by atoms with Gasteiger partial charge < -0.3 is 10.5 Å². The lowest BCUT2D eigenvalue weighted by atomic mass is 10.1. The van der Waals surface area contributed by atoms with Crippen LogP contribution in [0, 0.1) is 0 Å². The van der Waals surface area contributed by atoms with Crippen molar-refractivity contribution in [1.29, 1.82) is 0 Å². The molecule has 0 aliphatic rings. The summed E-state index contributed by atoms with van der Waals surface area (Å²) in [6.45, 7) is 5.50. The number of rotatable bonds is 6. The number of aromatic nitrogens is 2. The van der Waals surface area contributed by atoms with E-state index in [1.54, 1.807) is 11.3 Å². The summed E-state index contributed by atoms with van der Waals surface area (Å²) in [6, 6.07) is 8.30. The van der Waals surface area contributed by atoms with Gasteiger partial charge in [-0.2, -0.15) is 0 Å². The van der Waals surface area contributed by atoms with Crippen molar-refractivity contribution in [2.24, 2.45) is 5.73 Å². The second-order valence-corrected chi connectivity index (χ2v) is 6.15. The molecular weight excluding hydrogens is 294 g/mol. The molecular formula is C17H21N3OS. The zero-order valence-electron chi connectivity index (χ0n) is 13.0. The Labute approximate surface area is 134 Å². The Bertz CT molecular complexity index is 758. The van der Waals surface area contributed by atoms with E-state index >= 15 is 0 Å². The lowest BCUT2D eigenvalue weighted by Crippen LogP contribution is -2.05. The first-order valence-electron chi connectivity index (χ1n) is 7.69. The van der Waals surface area contributed by atoms with Gasteiger partial charge in [-0.25, -0.2) is 4.98 Å². The molecule has 3 rings (SSSR count). The Morgan fingerprint density at radius 3 is 2.64 bits per heavy atom. The van der Waals surface area contributed by atoms with Crippen LogP contribution in [0.4, 0.5) is 0 Å². The zero-order chi connectivity index (χ0) is 15.5. The highest BCUT2D eigenvalue weighted by molar-refractivity contribution is 7.17. The molecule has 22 heavy (non-hydrogen) atoms. The van der Waals surface area contributed by atoms with Crippen molar-refractivity contribution in [2.45, 2.75) is 26.7 Å². The van der Waals surface area contributed by atoms with Crippen LogP contribution in [-0.2, 0) is 12.8 Å². The van der Waals surface area contributed by atoms with Crippen molar-refractivity contribution in [3.05, 3.63) is 41.0 Å². The van der Waals surface area contributed by atoms with Crippen molar-refractivity contribution in [3.8, 4) is 17.0 Å². The minimum absolute atomic E-state index is 0.633. The van der Waals surface area contributed by atoms with Gasteiger partial charge in [-0.05, 0) is 49.7 Å². The number of aryl methyl sites for hydroxylation is 1. The van der Waals surface area contributed by atoms with E-state index in [-0.39, 0.29) is 0 Å². The van der Waals surface area contributed by atoms with Crippen molar-refractivity contribution in [2.75, 3.05) is 13.2 Å². The van der Waals surface area contributed by atoms with E-state index in [0.29, 0.717) is 13.2 Å². The van der Waals surface area contributed by atoms with Gasteiger partial charge in [-0.1, -0.05) is 6.92 Å². The number of fused-ring (bicyclic) bond motifs is 1. The predicted octanol–water partition coefficient (Wildman–Crippen LogP) is 3.53. The molecule has 2 aromatic heterocycles. The number of thiazole rings is 1. The average Bonchev–Trinajstić information content (AvgIpc) is 3.08. The Kier molecular flexibility index (Phi) is 4.45. The van der Waals surface area contributed by atoms with E-state index in [9.17, 15) is 0 Å². The molecule has 3 aromatic rings. The second-order valence-electron chi connectivity index (χ2n) is 5.09. The molecule has 0 atom stereocenters. The fourth-order valence-electron chi connectivity index (χ4n) is 2.69. The molecule has 0 saturated carbocycles. The fraction of sp³-hybridized carbons (Fsp3) is 0.353. The summed E-state index contributed by atoms with van der Waals surface area (Å²) in [5.74, 6) is 0.906. The Balaban J connectivity index is 2.12. The number of imidazole rings is 1. The van der Waals surface area contributed by atoms with Crippen LogP contribution in [0.25, 0.3) is 16.2 Å². The van der Waals surface area contributed by atoms with Gasteiger partial charge in [0.25, 0.3) is 0 Å². The molecule has 0 radical (unpaired) electrons. The maximum atomic E-state index is 5.74. The monoisotopic (exact) mass is 315 g/mol. The summed E-state index contributed by atoms with van der Waals surface area (Å²) in [6.07, 6.45) is 3.78. The van der Waals surface area contributed by atoms with Crippen LogP contribution in [0.15, 0.2) is 30.5 Å². The van der Waals surface area contributed by atoms with Crippen molar-refractivity contribution >= 4 is 16.3 Å². The maximum absolute atomic E-state index is 5.74. The number of hydrogen-bond acceptors (Lipinski definition) is 4. The number of ether oxygens (including phenoxy) is 1. The molecule has 4 nitrogen and oxygen atoms in total. The van der Waals surface area contributed by atoms with Crippen LogP contribution < -0.4 is 10.5 Å². The molecule has 0 bridgehead atoms. The van der Waals surface area contributed by atoms with Gasteiger partial charge in [0.15, 0.2) is 4.96 Å². The first kappa shape index (κ1) is 15.1. The molecule has 1 aromatic carbocycles. The highest BCUT2D eigenvalue weighted by atomic mass is 32.1. The number of nitrogens with two attached hydrogens (primary N) is 1. The van der Waals surface area contributed by atoms with Crippen LogP contribution in [0.3, 0.4) is 0 Å². The zero-order valence-corrected chi connectivity index (χ0v) is 13.8. The van der Waals surface area contributed by atoms with E-state index in [1.807, 2.05) is 25.3 Å². The average molecular weight is 315 g/mol. The summed E-state index contributed by atoms with van der Waals surface area (Å²) in [5.41, 5.74) is 9.36. The predicted molar refractivity (Wildman–Crippen MR) is 91.8 cm³/mol. The SMILES string of the molecule is CCOc1ccc(-c2c(CC)sc3ncc(CCN)n23)cc1. The highest BCUT2D eigenvalue weighted by Crippen LogP contribution is 2.34. The quantitative estimate of drug-likeness (QED) is 0.757. The van der Waals surface area contributed by atoms with Crippen molar-refractivity contribution in [3.63, 3.8) is 0 Å². The van der Waals surface area contributed by atoms with E-state index in [2.05, 4.69) is 28.4 Å². The molecule has 2 heterocycles. The highest BCUT2D eigenvalue weighted by Gasteiger charge is 2.16. The van der Waals surface area contributed by atoms with Gasteiger partial charge in [-0.3, -0.25) is 4.40 Å². The molecule has 0 amide bonds. The van der Waals surface area contributed by atoms with Crippen LogP contribution in [0.5, 0.6) is 5.75 Å². The van der Waals surface area contributed by atoms with E-state index in [4.69, 9.17) is 10.5 Å². The Hall–Kier alpha value is -1.85. The number of hydrogen-bond donors (Lipinski definition) is 1. The molecule has 0 unspecified atom stereocenters. The standard InChI is InChI=1S/C17H21N3OS/c1-3-15-16(12-5-7-14(8-6-12)21-4-2)20-13(9-10-18)11-19-17(20)22-15/h5-8,11H,3-4,9-10,18H2,1-2H3. The lowest BCUT2D eigenvalue weighted by molar-refractivity contribution is 0.340. The molecule has 2 N–H and O–H groups in total. The topological polar surface area (TPSA) is 52.5 Å². The molecule has 0 spiro atoms. The summed E-state index contributed by atoms with van der Waals surface area (Å²) in [5, 5.41) is 0. The first-order valence-corrected chi connectivity index (χ1v) is 8.51. The first-order chi connectivity index (χ1) is 10.8. The van der Waals surface area contributed by atoms with Crippen LogP contribution in [0.2, 0.25) is 0 Å². The molecule has 116 valence electrons. The van der Waals surface area contributed by atoms with Crippen molar-refractivity contribution < 1.29 is 4.74 Å². The van der Waals surface area contributed by atoms with Gasteiger partial charge >= 0.3 is 0 Å². The smallest absolute Gasteiger partial charge is 0.194 e. The summed E-state index contributed by atoms with van der Waals surface area (Å²) >= 11 is 1.76. The molecule has 0 aliphatic heterocycles. The largest absolute Gasteiger partial charge is 0.494 e. The number of nitrogens with zero attached hydrogens (tertiary/aromatic N) is 2. The van der Waals surface area contributed by atoms with E-state index < -0.39 is 0 Å². The van der Waals surface area contributed by atoms with Gasteiger partial charge in [0.1, 0.15) is 5.75 Å². The van der Waals surface area contributed by atoms with E-state index in [0.717, 1.165) is 23.6 Å². The minimum Gasteiger partial charge on any atom is -0.494 e. The summed E-state index contributed by atoms with van der Waals surface area (Å²) < 4.78 is 7.79. The third-order valence-corrected chi connectivity index (χ3v) is 4.86. The van der Waals surface area contributed by atoms with Crippen LogP contribution >= 0.6 is 11.3 Å². The normalized spacial score (nSPS) is 11.2. The van der Waals surface area contributed by atoms with Gasteiger partial charge in [0.2, 0.25) is 0 Å². The molecule has 0 aliphatic carbocycles. The number of benzene rings is 1. The van der Waals surface area contributed by atoms with Gasteiger partial charge in [0, 0.05) is 17.0 Å². The Morgan fingerprint density at radius 1 is 1.23 bits per heavy atom.